The Balaban J connectivity index is 1.93. The number of nitrogens with one attached hydrogen (secondary N) is 3. The molecule has 0 bridgehead atoms. The van der Waals surface area contributed by atoms with Gasteiger partial charge in [0.2, 0.25) is 0 Å². The van der Waals surface area contributed by atoms with Crippen molar-refractivity contribution in [2.45, 2.75) is 26.9 Å². The summed E-state index contributed by atoms with van der Waals surface area (Å²) in [7, 11) is 1.91. The Labute approximate surface area is 160 Å². The lowest BCUT2D eigenvalue weighted by atomic mass is 10.2. The summed E-state index contributed by atoms with van der Waals surface area (Å²) in [6.45, 7) is 6.41. The van der Waals surface area contributed by atoms with Crippen LogP contribution in [0.15, 0.2) is 41.5 Å². The standard InChI is InChI=1S/C19H28N6O2/c1-4-20-18(26)14-27-17-8-6-7-15(11-17)12-22-19(21-5-2)23-13-16-9-10-24-25(16)3/h6-11H,4-5,12-14H2,1-3H3,(H,20,26)(H2,21,22,23). The highest BCUT2D eigenvalue weighted by molar-refractivity contribution is 5.79. The van der Waals surface area contributed by atoms with E-state index < -0.39 is 0 Å². The van der Waals surface area contributed by atoms with Crippen molar-refractivity contribution in [3.05, 3.63) is 47.8 Å². The third-order valence-corrected chi connectivity index (χ3v) is 3.77. The summed E-state index contributed by atoms with van der Waals surface area (Å²) < 4.78 is 7.35. The normalized spacial score (nSPS) is 11.1. The van der Waals surface area contributed by atoms with E-state index in [0.717, 1.165) is 23.8 Å². The monoisotopic (exact) mass is 372 g/mol. The van der Waals surface area contributed by atoms with E-state index in [2.05, 4.69) is 26.0 Å². The third-order valence-electron chi connectivity index (χ3n) is 3.77. The number of guanidine groups is 1. The molecule has 0 aliphatic rings. The number of ether oxygens (including phenoxy) is 1. The first-order chi connectivity index (χ1) is 13.1. The summed E-state index contributed by atoms with van der Waals surface area (Å²) in [6, 6.07) is 9.57. The molecular formula is C19H28N6O2. The Morgan fingerprint density at radius 2 is 2.00 bits per heavy atom. The van der Waals surface area contributed by atoms with Crippen LogP contribution in [-0.4, -0.2) is 41.3 Å². The minimum Gasteiger partial charge on any atom is -0.484 e. The zero-order valence-corrected chi connectivity index (χ0v) is 16.2. The zero-order chi connectivity index (χ0) is 19.5. The lowest BCUT2D eigenvalue weighted by Gasteiger charge is -2.12. The zero-order valence-electron chi connectivity index (χ0n) is 16.2. The van der Waals surface area contributed by atoms with E-state index in [4.69, 9.17) is 4.74 Å². The van der Waals surface area contributed by atoms with Gasteiger partial charge in [-0.05, 0) is 37.6 Å². The molecule has 0 saturated heterocycles. The molecule has 146 valence electrons. The van der Waals surface area contributed by atoms with Crippen molar-refractivity contribution in [1.82, 2.24) is 25.7 Å². The van der Waals surface area contributed by atoms with E-state index in [1.807, 2.05) is 55.9 Å². The lowest BCUT2D eigenvalue weighted by Crippen LogP contribution is -2.37. The van der Waals surface area contributed by atoms with E-state index in [0.29, 0.717) is 25.4 Å². The maximum atomic E-state index is 11.5. The van der Waals surface area contributed by atoms with Crippen LogP contribution in [0.4, 0.5) is 0 Å². The largest absolute Gasteiger partial charge is 0.484 e. The molecule has 8 nitrogen and oxygen atoms in total. The van der Waals surface area contributed by atoms with Crippen molar-refractivity contribution in [3.8, 4) is 5.75 Å². The molecule has 1 heterocycles. The second kappa shape index (κ2) is 10.8. The van der Waals surface area contributed by atoms with Crippen molar-refractivity contribution in [2.75, 3.05) is 19.7 Å². The number of amides is 1. The predicted molar refractivity (Wildman–Crippen MR) is 105 cm³/mol. The number of rotatable bonds is 9. The summed E-state index contributed by atoms with van der Waals surface area (Å²) in [6.07, 6.45) is 1.77. The quantitative estimate of drug-likeness (QED) is 0.454. The maximum absolute atomic E-state index is 11.5. The highest BCUT2D eigenvalue weighted by Crippen LogP contribution is 2.14. The molecule has 0 atom stereocenters. The van der Waals surface area contributed by atoms with E-state index in [1.165, 1.54) is 0 Å². The molecule has 0 fully saturated rings. The van der Waals surface area contributed by atoms with Crippen LogP contribution in [0.1, 0.15) is 25.1 Å². The number of carbonyl (C=O) groups excluding carboxylic acids is 1. The summed E-state index contributed by atoms with van der Waals surface area (Å²) in [5, 5.41) is 13.4. The molecule has 1 aromatic carbocycles. The van der Waals surface area contributed by atoms with Gasteiger partial charge in [0.1, 0.15) is 5.75 Å². The number of likely N-dealkylation sites (N-methyl/N-ethyl adjacent to an activating group) is 1. The Kier molecular flexibility index (Phi) is 8.15. The first-order valence-corrected chi connectivity index (χ1v) is 9.09. The molecular weight excluding hydrogens is 344 g/mol. The molecule has 0 aliphatic carbocycles. The number of aromatic nitrogens is 2. The van der Waals surface area contributed by atoms with Gasteiger partial charge >= 0.3 is 0 Å². The van der Waals surface area contributed by atoms with E-state index in [-0.39, 0.29) is 12.5 Å². The molecule has 2 rings (SSSR count). The fraction of sp³-hybridized carbons (Fsp3) is 0.421. The minimum absolute atomic E-state index is 0.00938. The molecule has 3 N–H and O–H groups in total. The van der Waals surface area contributed by atoms with Gasteiger partial charge in [-0.1, -0.05) is 12.1 Å². The average Bonchev–Trinajstić information content (AvgIpc) is 3.08. The molecule has 0 radical (unpaired) electrons. The van der Waals surface area contributed by atoms with Crippen LogP contribution in [0.5, 0.6) is 5.75 Å². The van der Waals surface area contributed by atoms with Crippen LogP contribution in [0.2, 0.25) is 0 Å². The second-order valence-electron chi connectivity index (χ2n) is 5.88. The molecule has 8 heteroatoms. The van der Waals surface area contributed by atoms with Crippen LogP contribution in [0.25, 0.3) is 0 Å². The number of aryl methyl sites for hydroxylation is 1. The van der Waals surface area contributed by atoms with Gasteiger partial charge in [-0.15, -0.1) is 0 Å². The Morgan fingerprint density at radius 3 is 2.70 bits per heavy atom. The van der Waals surface area contributed by atoms with Crippen molar-refractivity contribution < 1.29 is 9.53 Å². The van der Waals surface area contributed by atoms with Gasteiger partial charge in [0, 0.05) is 26.3 Å². The molecule has 2 aromatic rings. The summed E-state index contributed by atoms with van der Waals surface area (Å²) in [5.41, 5.74) is 2.07. The number of hydrogen-bond donors (Lipinski definition) is 3. The fourth-order valence-corrected chi connectivity index (χ4v) is 2.39. The van der Waals surface area contributed by atoms with Crippen molar-refractivity contribution in [2.24, 2.45) is 12.0 Å². The molecule has 1 amide bonds. The smallest absolute Gasteiger partial charge is 0.257 e. The molecule has 27 heavy (non-hydrogen) atoms. The summed E-state index contributed by atoms with van der Waals surface area (Å²) in [5.74, 6) is 1.25. The van der Waals surface area contributed by atoms with Gasteiger partial charge in [0.05, 0.1) is 18.8 Å². The maximum Gasteiger partial charge on any atom is 0.257 e. The van der Waals surface area contributed by atoms with E-state index >= 15 is 0 Å². The van der Waals surface area contributed by atoms with Gasteiger partial charge in [0.15, 0.2) is 12.6 Å². The fourth-order valence-electron chi connectivity index (χ4n) is 2.39. The van der Waals surface area contributed by atoms with Crippen LogP contribution in [0, 0.1) is 0 Å². The Hall–Kier alpha value is -3.03. The van der Waals surface area contributed by atoms with E-state index in [1.54, 1.807) is 6.20 Å². The summed E-state index contributed by atoms with van der Waals surface area (Å²) in [4.78, 5) is 16.1. The van der Waals surface area contributed by atoms with Crippen molar-refractivity contribution in [1.29, 1.82) is 0 Å². The highest BCUT2D eigenvalue weighted by atomic mass is 16.5. The van der Waals surface area contributed by atoms with Gasteiger partial charge in [-0.25, -0.2) is 4.99 Å². The molecule has 1 aromatic heterocycles. The van der Waals surface area contributed by atoms with Gasteiger partial charge in [-0.2, -0.15) is 5.10 Å². The van der Waals surface area contributed by atoms with Crippen molar-refractivity contribution in [3.63, 3.8) is 0 Å². The minimum atomic E-state index is -0.130. The number of benzene rings is 1. The van der Waals surface area contributed by atoms with Gasteiger partial charge in [-0.3, -0.25) is 9.48 Å². The van der Waals surface area contributed by atoms with Gasteiger partial charge < -0.3 is 20.7 Å². The average molecular weight is 372 g/mol. The van der Waals surface area contributed by atoms with Crippen molar-refractivity contribution >= 4 is 11.9 Å². The Morgan fingerprint density at radius 1 is 1.19 bits per heavy atom. The van der Waals surface area contributed by atoms with Crippen LogP contribution in [0.3, 0.4) is 0 Å². The van der Waals surface area contributed by atoms with Crippen LogP contribution >= 0.6 is 0 Å². The van der Waals surface area contributed by atoms with Crippen LogP contribution < -0.4 is 20.7 Å². The topological polar surface area (TPSA) is 92.6 Å². The number of aliphatic imine (C=N–C) groups is 1. The molecule has 0 spiro atoms. The number of hydrogen-bond acceptors (Lipinski definition) is 4. The second-order valence-corrected chi connectivity index (χ2v) is 5.88. The molecule has 0 aliphatic heterocycles. The first-order valence-electron chi connectivity index (χ1n) is 9.09. The highest BCUT2D eigenvalue weighted by Gasteiger charge is 2.04. The lowest BCUT2D eigenvalue weighted by molar-refractivity contribution is -0.122. The third kappa shape index (κ3) is 7.01. The predicted octanol–water partition coefficient (Wildman–Crippen LogP) is 1.19. The summed E-state index contributed by atoms with van der Waals surface area (Å²) >= 11 is 0. The molecule has 0 unspecified atom stereocenters. The van der Waals surface area contributed by atoms with Crippen LogP contribution in [-0.2, 0) is 24.9 Å². The number of carbonyl (C=O) groups is 1. The molecule has 0 saturated carbocycles. The SMILES string of the molecule is CCNC(=O)COc1cccc(CN=C(NCC)NCc2ccnn2C)c1. The number of nitrogens with zero attached hydrogens (tertiary/aromatic N) is 3. The van der Waals surface area contributed by atoms with Gasteiger partial charge in [0.25, 0.3) is 5.91 Å². The first kappa shape index (κ1) is 20.3. The Bertz CT molecular complexity index is 756. The van der Waals surface area contributed by atoms with E-state index in [9.17, 15) is 4.79 Å².